The lowest BCUT2D eigenvalue weighted by Gasteiger charge is -2.10. The van der Waals surface area contributed by atoms with Gasteiger partial charge in [0, 0.05) is 23.5 Å². The highest BCUT2D eigenvalue weighted by molar-refractivity contribution is 5.66. The van der Waals surface area contributed by atoms with Crippen LogP contribution in [0.5, 0.6) is 11.8 Å². The normalized spacial score (nSPS) is 10.6. The van der Waals surface area contributed by atoms with E-state index in [1.807, 2.05) is 24.3 Å². The Morgan fingerprint density at radius 2 is 1.21 bits per heavy atom. The summed E-state index contributed by atoms with van der Waals surface area (Å²) in [7, 11) is 0. The number of hydrogen-bond acceptors (Lipinski definition) is 5. The van der Waals surface area contributed by atoms with Gasteiger partial charge in [-0.05, 0) is 37.8 Å². The van der Waals surface area contributed by atoms with Crippen LogP contribution < -0.4 is 9.47 Å². The third-order valence-electron chi connectivity index (χ3n) is 4.66. The number of ether oxygens (including phenoxy) is 2. The predicted molar refractivity (Wildman–Crippen MR) is 111 cm³/mol. The lowest BCUT2D eigenvalue weighted by molar-refractivity contribution is 0.147. The van der Waals surface area contributed by atoms with Crippen LogP contribution in [0.2, 0.25) is 0 Å². The topological polar surface area (TPSA) is 61.3 Å². The average Bonchev–Trinajstić information content (AvgIpc) is 2.71. The van der Waals surface area contributed by atoms with E-state index in [0.29, 0.717) is 11.8 Å². The van der Waals surface area contributed by atoms with Gasteiger partial charge in [-0.1, -0.05) is 64.5 Å². The molecule has 0 fully saturated rings. The minimum absolute atomic E-state index is 0.324. The van der Waals surface area contributed by atoms with Crippen LogP contribution in [-0.2, 0) is 12.8 Å². The van der Waals surface area contributed by atoms with Gasteiger partial charge in [-0.2, -0.15) is 0 Å². The van der Waals surface area contributed by atoms with Crippen LogP contribution in [0, 0.1) is 0 Å². The standard InChI is InChI=1S/C23H32N2O3/c1-3-5-7-9-13-19-15-11-17-24-21(19)27-23(26)28-22-20(16-12-18-25-22)14-10-8-6-4-2/h11-12,15-18H,3-10,13-14H2,1-2H3. The summed E-state index contributed by atoms with van der Waals surface area (Å²) in [6.45, 7) is 4.37. The van der Waals surface area contributed by atoms with E-state index in [2.05, 4.69) is 23.8 Å². The molecule has 0 aliphatic rings. The molecule has 2 heterocycles. The van der Waals surface area contributed by atoms with E-state index < -0.39 is 6.16 Å². The van der Waals surface area contributed by atoms with Gasteiger partial charge in [0.05, 0.1) is 0 Å². The van der Waals surface area contributed by atoms with Gasteiger partial charge in [0.1, 0.15) is 0 Å². The van der Waals surface area contributed by atoms with Gasteiger partial charge in [-0.3, -0.25) is 0 Å². The van der Waals surface area contributed by atoms with Gasteiger partial charge in [0.15, 0.2) is 0 Å². The summed E-state index contributed by atoms with van der Waals surface area (Å²) in [5.74, 6) is 0.647. The third kappa shape index (κ3) is 7.67. The maximum absolute atomic E-state index is 12.3. The SMILES string of the molecule is CCCCCCc1cccnc1OC(=O)Oc1ncccc1CCCCCC. The molecule has 0 saturated carbocycles. The highest BCUT2D eigenvalue weighted by Crippen LogP contribution is 2.21. The Hall–Kier alpha value is -2.43. The van der Waals surface area contributed by atoms with Crippen molar-refractivity contribution in [3.63, 3.8) is 0 Å². The third-order valence-corrected chi connectivity index (χ3v) is 4.66. The molecule has 2 aromatic heterocycles. The molecule has 0 radical (unpaired) electrons. The molecule has 5 heteroatoms. The van der Waals surface area contributed by atoms with Gasteiger partial charge in [-0.25, -0.2) is 14.8 Å². The van der Waals surface area contributed by atoms with Crippen molar-refractivity contribution < 1.29 is 14.3 Å². The molecular formula is C23H32N2O3. The first-order valence-corrected chi connectivity index (χ1v) is 10.5. The van der Waals surface area contributed by atoms with E-state index in [9.17, 15) is 4.79 Å². The van der Waals surface area contributed by atoms with Gasteiger partial charge < -0.3 is 9.47 Å². The van der Waals surface area contributed by atoms with Gasteiger partial charge in [-0.15, -0.1) is 0 Å². The second-order valence-electron chi connectivity index (χ2n) is 7.01. The molecule has 0 aliphatic carbocycles. The molecular weight excluding hydrogens is 352 g/mol. The fourth-order valence-corrected chi connectivity index (χ4v) is 3.08. The quantitative estimate of drug-likeness (QED) is 0.317. The lowest BCUT2D eigenvalue weighted by Crippen LogP contribution is -2.17. The molecule has 0 unspecified atom stereocenters. The Kier molecular flexibility index (Phi) is 10.0. The molecule has 28 heavy (non-hydrogen) atoms. The highest BCUT2D eigenvalue weighted by Gasteiger charge is 2.15. The molecule has 0 aliphatic heterocycles. The lowest BCUT2D eigenvalue weighted by atomic mass is 10.1. The molecule has 2 rings (SSSR count). The number of rotatable bonds is 12. The smallest absolute Gasteiger partial charge is 0.375 e. The summed E-state index contributed by atoms with van der Waals surface area (Å²) in [5, 5.41) is 0. The first-order valence-electron chi connectivity index (χ1n) is 10.5. The number of carbonyl (C=O) groups excluding carboxylic acids is 1. The zero-order valence-corrected chi connectivity index (χ0v) is 17.2. The molecule has 152 valence electrons. The van der Waals surface area contributed by atoms with Crippen LogP contribution in [0.15, 0.2) is 36.7 Å². The zero-order valence-electron chi connectivity index (χ0n) is 17.2. The van der Waals surface area contributed by atoms with Crippen molar-refractivity contribution >= 4 is 6.16 Å². The van der Waals surface area contributed by atoms with Crippen molar-refractivity contribution in [3.8, 4) is 11.8 Å². The van der Waals surface area contributed by atoms with E-state index in [1.165, 1.54) is 25.7 Å². The Morgan fingerprint density at radius 3 is 1.64 bits per heavy atom. The number of hydrogen-bond donors (Lipinski definition) is 0. The average molecular weight is 385 g/mol. The minimum atomic E-state index is -0.790. The maximum atomic E-state index is 12.3. The van der Waals surface area contributed by atoms with Gasteiger partial charge in [0.25, 0.3) is 0 Å². The summed E-state index contributed by atoms with van der Waals surface area (Å²) in [6.07, 6.45) is 13.3. The Bertz CT molecular complexity index is 659. The van der Waals surface area contributed by atoms with Crippen molar-refractivity contribution in [2.45, 2.75) is 78.1 Å². The van der Waals surface area contributed by atoms with Crippen molar-refractivity contribution in [2.75, 3.05) is 0 Å². The zero-order chi connectivity index (χ0) is 20.0. The molecule has 0 spiro atoms. The van der Waals surface area contributed by atoms with Gasteiger partial charge in [0.2, 0.25) is 11.8 Å². The number of carbonyl (C=O) groups is 1. The summed E-state index contributed by atoms with van der Waals surface area (Å²) in [5.41, 5.74) is 1.85. The summed E-state index contributed by atoms with van der Waals surface area (Å²) >= 11 is 0. The minimum Gasteiger partial charge on any atom is -0.375 e. The fourth-order valence-electron chi connectivity index (χ4n) is 3.08. The molecule has 0 bridgehead atoms. The first-order chi connectivity index (χ1) is 13.7. The maximum Gasteiger partial charge on any atom is 0.522 e. The van der Waals surface area contributed by atoms with E-state index in [1.54, 1.807) is 12.4 Å². The predicted octanol–water partition coefficient (Wildman–Crippen LogP) is 6.30. The number of aromatic nitrogens is 2. The second kappa shape index (κ2) is 12.9. The summed E-state index contributed by atoms with van der Waals surface area (Å²) < 4.78 is 10.8. The number of pyridine rings is 2. The number of aryl methyl sites for hydroxylation is 2. The molecule has 0 saturated heterocycles. The highest BCUT2D eigenvalue weighted by atomic mass is 16.7. The van der Waals surface area contributed by atoms with Crippen LogP contribution in [-0.4, -0.2) is 16.1 Å². The largest absolute Gasteiger partial charge is 0.522 e. The van der Waals surface area contributed by atoms with Crippen LogP contribution in [0.25, 0.3) is 0 Å². The van der Waals surface area contributed by atoms with Crippen LogP contribution in [0.4, 0.5) is 4.79 Å². The van der Waals surface area contributed by atoms with Crippen molar-refractivity contribution in [3.05, 3.63) is 47.8 Å². The van der Waals surface area contributed by atoms with Crippen LogP contribution >= 0.6 is 0 Å². The van der Waals surface area contributed by atoms with Crippen molar-refractivity contribution in [2.24, 2.45) is 0 Å². The Balaban J connectivity index is 1.94. The first kappa shape index (κ1) is 21.9. The van der Waals surface area contributed by atoms with E-state index >= 15 is 0 Å². The molecule has 5 nitrogen and oxygen atoms in total. The number of unbranched alkanes of at least 4 members (excludes halogenated alkanes) is 6. The van der Waals surface area contributed by atoms with E-state index in [4.69, 9.17) is 9.47 Å². The van der Waals surface area contributed by atoms with Crippen molar-refractivity contribution in [1.82, 2.24) is 9.97 Å². The van der Waals surface area contributed by atoms with E-state index in [0.717, 1.165) is 49.7 Å². The summed E-state index contributed by atoms with van der Waals surface area (Å²) in [6, 6.07) is 7.62. The monoisotopic (exact) mass is 384 g/mol. The fraction of sp³-hybridized carbons (Fsp3) is 0.522. The number of nitrogens with zero attached hydrogens (tertiary/aromatic N) is 2. The van der Waals surface area contributed by atoms with Crippen LogP contribution in [0.1, 0.15) is 76.3 Å². The molecule has 0 atom stereocenters. The second-order valence-corrected chi connectivity index (χ2v) is 7.01. The van der Waals surface area contributed by atoms with Crippen LogP contribution in [0.3, 0.4) is 0 Å². The van der Waals surface area contributed by atoms with Crippen molar-refractivity contribution in [1.29, 1.82) is 0 Å². The summed E-state index contributed by atoms with van der Waals surface area (Å²) in [4.78, 5) is 20.7. The Labute approximate surface area is 168 Å². The molecule has 0 N–H and O–H groups in total. The molecule has 2 aromatic rings. The van der Waals surface area contributed by atoms with E-state index in [-0.39, 0.29) is 0 Å². The Morgan fingerprint density at radius 1 is 0.750 bits per heavy atom. The molecule has 0 amide bonds. The molecule has 0 aromatic carbocycles. The van der Waals surface area contributed by atoms with Gasteiger partial charge >= 0.3 is 6.16 Å².